The van der Waals surface area contributed by atoms with E-state index in [1.165, 1.54) is 12.8 Å². The Morgan fingerprint density at radius 2 is 1.94 bits per heavy atom. The van der Waals surface area contributed by atoms with Crippen LogP contribution in [-0.4, -0.2) is 23.4 Å². The molecule has 3 heteroatoms. The maximum Gasteiger partial charge on any atom is 0.243 e. The van der Waals surface area contributed by atoms with Crippen LogP contribution in [0.3, 0.4) is 0 Å². The zero-order chi connectivity index (χ0) is 12.3. The van der Waals surface area contributed by atoms with Gasteiger partial charge in [-0.25, -0.2) is 0 Å². The van der Waals surface area contributed by atoms with Crippen molar-refractivity contribution in [1.82, 2.24) is 4.90 Å². The highest BCUT2D eigenvalue weighted by molar-refractivity contribution is 5.86. The van der Waals surface area contributed by atoms with Gasteiger partial charge in [-0.2, -0.15) is 5.26 Å². The molecule has 0 bridgehead atoms. The summed E-state index contributed by atoms with van der Waals surface area (Å²) in [6.45, 7) is 2.97. The molecule has 3 nitrogen and oxygen atoms in total. The Morgan fingerprint density at radius 1 is 1.24 bits per heavy atom. The second-order valence-corrected chi connectivity index (χ2v) is 5.60. The predicted octanol–water partition coefficient (Wildman–Crippen LogP) is 2.86. The number of likely N-dealkylation sites (tertiary alicyclic amines) is 1. The van der Waals surface area contributed by atoms with E-state index in [0.717, 1.165) is 45.1 Å². The van der Waals surface area contributed by atoms with Crippen molar-refractivity contribution >= 4 is 5.91 Å². The molecule has 0 aromatic rings. The third-order valence-electron chi connectivity index (χ3n) is 4.39. The highest BCUT2D eigenvalue weighted by atomic mass is 16.2. The lowest BCUT2D eigenvalue weighted by Crippen LogP contribution is -2.50. The number of amides is 1. The molecule has 0 spiro atoms. The molecule has 1 unspecified atom stereocenters. The summed E-state index contributed by atoms with van der Waals surface area (Å²) in [5.41, 5.74) is -0.691. The number of nitriles is 1. The Kier molecular flexibility index (Phi) is 3.71. The van der Waals surface area contributed by atoms with Gasteiger partial charge >= 0.3 is 0 Å². The Hall–Kier alpha value is -1.04. The van der Waals surface area contributed by atoms with Crippen molar-refractivity contribution in [3.8, 4) is 6.07 Å². The zero-order valence-corrected chi connectivity index (χ0v) is 10.7. The summed E-state index contributed by atoms with van der Waals surface area (Å²) in [7, 11) is 0. The van der Waals surface area contributed by atoms with E-state index in [-0.39, 0.29) is 5.91 Å². The predicted molar refractivity (Wildman–Crippen MR) is 66.2 cm³/mol. The van der Waals surface area contributed by atoms with Crippen LogP contribution in [0.2, 0.25) is 0 Å². The van der Waals surface area contributed by atoms with Crippen LogP contribution in [0.25, 0.3) is 0 Å². The Balaban J connectivity index is 2.13. The molecule has 1 aliphatic carbocycles. The molecule has 1 aliphatic heterocycles. The van der Waals surface area contributed by atoms with E-state index in [4.69, 9.17) is 0 Å². The van der Waals surface area contributed by atoms with E-state index in [0.29, 0.717) is 6.04 Å². The van der Waals surface area contributed by atoms with E-state index in [9.17, 15) is 10.1 Å². The second kappa shape index (κ2) is 5.08. The first-order valence-electron chi connectivity index (χ1n) is 6.92. The summed E-state index contributed by atoms with van der Waals surface area (Å²) < 4.78 is 0. The number of nitrogens with zero attached hydrogens (tertiary/aromatic N) is 2. The fourth-order valence-corrected chi connectivity index (χ4v) is 3.20. The SMILES string of the molecule is CC1CCCCN1C(=O)C1(C#N)CCCCC1. The van der Waals surface area contributed by atoms with Crippen molar-refractivity contribution in [2.45, 2.75) is 64.3 Å². The van der Waals surface area contributed by atoms with Gasteiger partial charge < -0.3 is 4.90 Å². The van der Waals surface area contributed by atoms with E-state index < -0.39 is 5.41 Å². The Bertz CT molecular complexity index is 326. The smallest absolute Gasteiger partial charge is 0.243 e. The lowest BCUT2D eigenvalue weighted by molar-refractivity contribution is -0.144. The van der Waals surface area contributed by atoms with Gasteiger partial charge in [0, 0.05) is 12.6 Å². The number of carbonyl (C=O) groups excluding carboxylic acids is 1. The molecule has 0 N–H and O–H groups in total. The molecule has 17 heavy (non-hydrogen) atoms. The molecular weight excluding hydrogens is 212 g/mol. The van der Waals surface area contributed by atoms with Crippen LogP contribution in [0.1, 0.15) is 58.3 Å². The minimum atomic E-state index is -0.691. The average Bonchev–Trinajstić information content (AvgIpc) is 2.39. The molecule has 0 aromatic heterocycles. The molecule has 1 heterocycles. The summed E-state index contributed by atoms with van der Waals surface area (Å²) in [6.07, 6.45) is 8.17. The second-order valence-electron chi connectivity index (χ2n) is 5.60. The van der Waals surface area contributed by atoms with Crippen molar-refractivity contribution in [3.63, 3.8) is 0 Å². The minimum absolute atomic E-state index is 0.118. The molecule has 2 fully saturated rings. The van der Waals surface area contributed by atoms with Gasteiger partial charge in [0.25, 0.3) is 0 Å². The maximum atomic E-state index is 12.6. The first-order chi connectivity index (χ1) is 8.19. The maximum absolute atomic E-state index is 12.6. The molecule has 1 atom stereocenters. The number of rotatable bonds is 1. The topological polar surface area (TPSA) is 44.1 Å². The molecule has 2 aliphatic rings. The molecule has 1 saturated heterocycles. The largest absolute Gasteiger partial charge is 0.339 e. The van der Waals surface area contributed by atoms with Gasteiger partial charge in [-0.05, 0) is 39.0 Å². The average molecular weight is 234 g/mol. The molecule has 1 amide bonds. The first kappa shape index (κ1) is 12.4. The van der Waals surface area contributed by atoms with Gasteiger partial charge in [-0.15, -0.1) is 0 Å². The van der Waals surface area contributed by atoms with Crippen LogP contribution in [0.4, 0.5) is 0 Å². The van der Waals surface area contributed by atoms with Crippen LogP contribution < -0.4 is 0 Å². The number of carbonyl (C=O) groups is 1. The summed E-state index contributed by atoms with van der Waals surface area (Å²) in [5.74, 6) is 0.118. The summed E-state index contributed by atoms with van der Waals surface area (Å²) in [5, 5.41) is 9.43. The molecule has 1 saturated carbocycles. The number of hydrogen-bond acceptors (Lipinski definition) is 2. The van der Waals surface area contributed by atoms with Crippen molar-refractivity contribution in [1.29, 1.82) is 5.26 Å². The molecule has 2 rings (SSSR count). The van der Waals surface area contributed by atoms with Gasteiger partial charge in [-0.1, -0.05) is 19.3 Å². The highest BCUT2D eigenvalue weighted by Crippen LogP contribution is 2.38. The fraction of sp³-hybridized carbons (Fsp3) is 0.857. The van der Waals surface area contributed by atoms with Gasteiger partial charge in [0.1, 0.15) is 5.41 Å². The van der Waals surface area contributed by atoms with Crippen LogP contribution in [-0.2, 0) is 4.79 Å². The van der Waals surface area contributed by atoms with Crippen LogP contribution in [0.5, 0.6) is 0 Å². The normalized spacial score (nSPS) is 28.5. The van der Waals surface area contributed by atoms with Crippen molar-refractivity contribution in [2.24, 2.45) is 5.41 Å². The third kappa shape index (κ3) is 2.31. The molecular formula is C14H22N2O. The number of hydrogen-bond donors (Lipinski definition) is 0. The van der Waals surface area contributed by atoms with Gasteiger partial charge in [-0.3, -0.25) is 4.79 Å². The van der Waals surface area contributed by atoms with Crippen molar-refractivity contribution in [2.75, 3.05) is 6.54 Å². The lowest BCUT2D eigenvalue weighted by Gasteiger charge is -2.40. The first-order valence-corrected chi connectivity index (χ1v) is 6.92. The Morgan fingerprint density at radius 3 is 2.53 bits per heavy atom. The van der Waals surface area contributed by atoms with Gasteiger partial charge in [0.2, 0.25) is 5.91 Å². The molecule has 0 radical (unpaired) electrons. The summed E-state index contributed by atoms with van der Waals surface area (Å²) in [4.78, 5) is 14.6. The standard InChI is InChI=1S/C14H22N2O/c1-12-7-3-6-10-16(12)13(17)14(11-15)8-4-2-5-9-14/h12H,2-10H2,1H3. The number of piperidine rings is 1. The minimum Gasteiger partial charge on any atom is -0.339 e. The van der Waals surface area contributed by atoms with E-state index >= 15 is 0 Å². The third-order valence-corrected chi connectivity index (χ3v) is 4.39. The van der Waals surface area contributed by atoms with Crippen molar-refractivity contribution < 1.29 is 4.79 Å². The summed E-state index contributed by atoms with van der Waals surface area (Å²) >= 11 is 0. The lowest BCUT2D eigenvalue weighted by atomic mass is 9.73. The quantitative estimate of drug-likeness (QED) is 0.700. The zero-order valence-electron chi connectivity index (χ0n) is 10.7. The summed E-state index contributed by atoms with van der Waals surface area (Å²) in [6, 6.07) is 2.67. The van der Waals surface area contributed by atoms with Crippen LogP contribution >= 0.6 is 0 Å². The van der Waals surface area contributed by atoms with Crippen LogP contribution in [0, 0.1) is 16.7 Å². The van der Waals surface area contributed by atoms with Crippen molar-refractivity contribution in [3.05, 3.63) is 0 Å². The fourth-order valence-electron chi connectivity index (χ4n) is 3.20. The van der Waals surface area contributed by atoms with Crippen LogP contribution in [0.15, 0.2) is 0 Å². The van der Waals surface area contributed by atoms with Gasteiger partial charge in [0.05, 0.1) is 6.07 Å². The van der Waals surface area contributed by atoms with E-state index in [1.807, 2.05) is 4.90 Å². The van der Waals surface area contributed by atoms with E-state index in [1.54, 1.807) is 0 Å². The highest BCUT2D eigenvalue weighted by Gasteiger charge is 2.43. The molecule has 0 aromatic carbocycles. The van der Waals surface area contributed by atoms with Gasteiger partial charge in [0.15, 0.2) is 0 Å². The van der Waals surface area contributed by atoms with E-state index in [2.05, 4.69) is 13.0 Å². The Labute approximate surface area is 104 Å². The monoisotopic (exact) mass is 234 g/mol. The molecule has 94 valence electrons.